The van der Waals surface area contributed by atoms with Crippen LogP contribution in [0.25, 0.3) is 10.8 Å². The Balaban J connectivity index is 2.11. The molecular formula is C13H11BrN4S. The maximum atomic E-state index is 5.50. The smallest absolute Gasteiger partial charge is 0.130 e. The van der Waals surface area contributed by atoms with E-state index in [1.165, 1.54) is 0 Å². The highest BCUT2D eigenvalue weighted by molar-refractivity contribution is 9.10. The summed E-state index contributed by atoms with van der Waals surface area (Å²) in [6.07, 6.45) is 5.52. The van der Waals surface area contributed by atoms with Crippen LogP contribution in [0.3, 0.4) is 0 Å². The van der Waals surface area contributed by atoms with Crippen LogP contribution in [0.4, 0.5) is 0 Å². The molecule has 96 valence electrons. The largest absolute Gasteiger partial charge is 0.336 e. The maximum absolute atomic E-state index is 5.50. The quantitative estimate of drug-likeness (QED) is 0.674. The van der Waals surface area contributed by atoms with Crippen molar-refractivity contribution < 1.29 is 0 Å². The predicted molar refractivity (Wildman–Crippen MR) is 80.6 cm³/mol. The summed E-state index contributed by atoms with van der Waals surface area (Å²) in [5, 5.41) is 6.47. The molecule has 3 aromatic rings. The van der Waals surface area contributed by atoms with E-state index < -0.39 is 0 Å². The molecule has 0 bridgehead atoms. The Morgan fingerprint density at radius 2 is 2.21 bits per heavy atom. The zero-order valence-corrected chi connectivity index (χ0v) is 12.6. The normalized spacial score (nSPS) is 11.1. The molecule has 3 rings (SSSR count). The Hall–Kier alpha value is -1.53. The Morgan fingerprint density at radius 3 is 2.95 bits per heavy atom. The van der Waals surface area contributed by atoms with Crippen molar-refractivity contribution in [3.05, 3.63) is 51.7 Å². The molecule has 0 radical (unpaired) electrons. The van der Waals surface area contributed by atoms with Gasteiger partial charge in [-0.25, -0.2) is 9.67 Å². The van der Waals surface area contributed by atoms with Gasteiger partial charge in [-0.3, -0.25) is 0 Å². The maximum Gasteiger partial charge on any atom is 0.130 e. The highest BCUT2D eigenvalue weighted by Gasteiger charge is 2.05. The molecule has 0 aliphatic rings. The molecule has 0 fully saturated rings. The van der Waals surface area contributed by atoms with E-state index in [0.717, 1.165) is 25.7 Å². The minimum Gasteiger partial charge on any atom is -0.336 e. The molecule has 0 atom stereocenters. The number of hydrogen-bond donors (Lipinski definition) is 0. The molecule has 19 heavy (non-hydrogen) atoms. The molecule has 4 nitrogen and oxygen atoms in total. The summed E-state index contributed by atoms with van der Waals surface area (Å²) in [6, 6.07) is 6.02. The number of nitrogens with zero attached hydrogens (tertiary/aromatic N) is 4. The van der Waals surface area contributed by atoms with Gasteiger partial charge >= 0.3 is 0 Å². The van der Waals surface area contributed by atoms with Crippen LogP contribution in [0.5, 0.6) is 0 Å². The number of hydrogen-bond acceptors (Lipinski definition) is 3. The van der Waals surface area contributed by atoms with Crippen molar-refractivity contribution >= 4 is 38.9 Å². The molecule has 2 heterocycles. The predicted octanol–water partition coefficient (Wildman–Crippen LogP) is 3.31. The van der Waals surface area contributed by atoms with Gasteiger partial charge in [0.05, 0.1) is 6.20 Å². The minimum absolute atomic E-state index is 0.578. The first-order valence-electron chi connectivity index (χ1n) is 5.77. The number of halogens is 1. The van der Waals surface area contributed by atoms with E-state index in [2.05, 4.69) is 26.0 Å². The van der Waals surface area contributed by atoms with Gasteiger partial charge in [-0.2, -0.15) is 5.10 Å². The fourth-order valence-electron chi connectivity index (χ4n) is 1.95. The van der Waals surface area contributed by atoms with Crippen LogP contribution in [0, 0.1) is 4.64 Å². The first-order valence-corrected chi connectivity index (χ1v) is 6.97. The number of benzene rings is 1. The van der Waals surface area contributed by atoms with Crippen molar-refractivity contribution in [2.24, 2.45) is 7.05 Å². The Labute approximate surface area is 123 Å². The van der Waals surface area contributed by atoms with E-state index in [4.69, 9.17) is 12.2 Å². The summed E-state index contributed by atoms with van der Waals surface area (Å²) in [6.45, 7) is 0.578. The monoisotopic (exact) mass is 334 g/mol. The molecule has 0 spiro atoms. The fourth-order valence-corrected chi connectivity index (χ4v) is 2.63. The molecule has 0 saturated heterocycles. The van der Waals surface area contributed by atoms with Crippen molar-refractivity contribution in [2.45, 2.75) is 6.54 Å². The van der Waals surface area contributed by atoms with Gasteiger partial charge < -0.3 is 4.57 Å². The average molecular weight is 335 g/mol. The third-order valence-electron chi connectivity index (χ3n) is 3.03. The topological polar surface area (TPSA) is 35.6 Å². The van der Waals surface area contributed by atoms with Crippen molar-refractivity contribution in [1.29, 1.82) is 0 Å². The summed E-state index contributed by atoms with van der Waals surface area (Å²) in [4.78, 5) is 4.29. The second-order valence-corrected chi connectivity index (χ2v) is 5.60. The van der Waals surface area contributed by atoms with Crippen molar-refractivity contribution in [2.75, 3.05) is 0 Å². The van der Waals surface area contributed by atoms with E-state index >= 15 is 0 Å². The Kier molecular flexibility index (Phi) is 3.20. The summed E-state index contributed by atoms with van der Waals surface area (Å²) in [5.74, 6) is 0.931. The van der Waals surface area contributed by atoms with E-state index in [0.29, 0.717) is 6.54 Å². The first kappa shape index (κ1) is 12.5. The minimum atomic E-state index is 0.578. The van der Waals surface area contributed by atoms with Gasteiger partial charge in [0.25, 0.3) is 0 Å². The highest BCUT2D eigenvalue weighted by Crippen LogP contribution is 2.20. The highest BCUT2D eigenvalue weighted by atomic mass is 79.9. The Bertz CT molecular complexity index is 806. The number of aryl methyl sites for hydroxylation is 1. The molecular weight excluding hydrogens is 324 g/mol. The molecule has 2 aromatic heterocycles. The van der Waals surface area contributed by atoms with Crippen LogP contribution >= 0.6 is 28.1 Å². The number of imidazole rings is 1. The van der Waals surface area contributed by atoms with Crippen molar-refractivity contribution in [3.63, 3.8) is 0 Å². The first-order chi connectivity index (χ1) is 9.15. The van der Waals surface area contributed by atoms with Gasteiger partial charge in [0.2, 0.25) is 0 Å². The Morgan fingerprint density at radius 1 is 1.37 bits per heavy atom. The van der Waals surface area contributed by atoms with Gasteiger partial charge in [0, 0.05) is 34.7 Å². The van der Waals surface area contributed by atoms with Crippen LogP contribution in [-0.2, 0) is 13.6 Å². The second kappa shape index (κ2) is 4.86. The van der Waals surface area contributed by atoms with Crippen molar-refractivity contribution in [3.8, 4) is 0 Å². The lowest BCUT2D eigenvalue weighted by Gasteiger charge is -2.08. The molecule has 0 amide bonds. The van der Waals surface area contributed by atoms with Gasteiger partial charge in [-0.1, -0.05) is 34.2 Å². The molecule has 1 aromatic carbocycles. The molecule has 0 unspecified atom stereocenters. The number of rotatable bonds is 2. The van der Waals surface area contributed by atoms with Gasteiger partial charge in [0.15, 0.2) is 0 Å². The SMILES string of the molecule is Cn1ccnc1Cn1ncc2cc(Br)ccc2c1=S. The van der Waals surface area contributed by atoms with Crippen LogP contribution in [0.1, 0.15) is 5.82 Å². The lowest BCUT2D eigenvalue weighted by atomic mass is 10.2. The molecule has 0 N–H and O–H groups in total. The number of fused-ring (bicyclic) bond motifs is 1. The molecule has 6 heteroatoms. The number of aromatic nitrogens is 4. The third kappa shape index (κ3) is 2.33. The second-order valence-electron chi connectivity index (χ2n) is 4.29. The van der Waals surface area contributed by atoms with E-state index in [1.807, 2.05) is 42.2 Å². The van der Waals surface area contributed by atoms with Crippen molar-refractivity contribution in [1.82, 2.24) is 19.3 Å². The summed E-state index contributed by atoms with van der Waals surface area (Å²) in [5.41, 5.74) is 0. The fraction of sp³-hybridized carbons (Fsp3) is 0.154. The summed E-state index contributed by atoms with van der Waals surface area (Å²) < 4.78 is 5.52. The zero-order valence-electron chi connectivity index (χ0n) is 10.2. The molecule has 0 saturated carbocycles. The van der Waals surface area contributed by atoms with Crippen LogP contribution < -0.4 is 0 Å². The van der Waals surface area contributed by atoms with Gasteiger partial charge in [-0.15, -0.1) is 0 Å². The standard InChI is InChI=1S/C13H11BrN4S/c1-17-5-4-15-12(17)8-18-13(19)11-3-2-10(14)6-9(11)7-16-18/h2-7H,8H2,1H3. The summed E-state index contributed by atoms with van der Waals surface area (Å²) >= 11 is 8.95. The zero-order chi connectivity index (χ0) is 13.4. The summed E-state index contributed by atoms with van der Waals surface area (Å²) in [7, 11) is 1.96. The van der Waals surface area contributed by atoms with E-state index in [-0.39, 0.29) is 0 Å². The van der Waals surface area contributed by atoms with E-state index in [9.17, 15) is 0 Å². The van der Waals surface area contributed by atoms with E-state index in [1.54, 1.807) is 10.9 Å². The van der Waals surface area contributed by atoms with Gasteiger partial charge in [0.1, 0.15) is 17.0 Å². The van der Waals surface area contributed by atoms with Gasteiger partial charge in [-0.05, 0) is 12.1 Å². The molecule has 0 aliphatic heterocycles. The van der Waals surface area contributed by atoms with Crippen LogP contribution in [0.15, 0.2) is 41.3 Å². The van der Waals surface area contributed by atoms with Crippen LogP contribution in [0.2, 0.25) is 0 Å². The third-order valence-corrected chi connectivity index (χ3v) is 3.95. The average Bonchev–Trinajstić information content (AvgIpc) is 2.78. The molecule has 0 aliphatic carbocycles. The van der Waals surface area contributed by atoms with Crippen LogP contribution in [-0.4, -0.2) is 19.3 Å². The lowest BCUT2D eigenvalue weighted by Crippen LogP contribution is -2.10. The lowest BCUT2D eigenvalue weighted by molar-refractivity contribution is 0.614.